The molecule has 1 aromatic heterocycles. The summed E-state index contributed by atoms with van der Waals surface area (Å²) in [6, 6.07) is 5.87. The molecule has 0 aliphatic rings. The molecule has 102 valence electrons. The van der Waals surface area contributed by atoms with Crippen molar-refractivity contribution in [3.8, 4) is 17.0 Å². The van der Waals surface area contributed by atoms with Crippen LogP contribution in [-0.2, 0) is 6.42 Å². The molecule has 0 atom stereocenters. The van der Waals surface area contributed by atoms with Crippen LogP contribution in [0.5, 0.6) is 5.75 Å². The first-order valence-corrected chi connectivity index (χ1v) is 5.72. The largest absolute Gasteiger partial charge is 0.573 e. The SMILES string of the molecule is CCc1onc(-c2ccccc2OC(F)(F)F)c1C. The molecule has 0 saturated heterocycles. The van der Waals surface area contributed by atoms with E-state index in [9.17, 15) is 13.2 Å². The minimum absolute atomic E-state index is 0.265. The van der Waals surface area contributed by atoms with Gasteiger partial charge >= 0.3 is 6.36 Å². The fourth-order valence-corrected chi connectivity index (χ4v) is 1.83. The van der Waals surface area contributed by atoms with Gasteiger partial charge in [0.25, 0.3) is 0 Å². The fourth-order valence-electron chi connectivity index (χ4n) is 1.83. The molecular formula is C13H12F3NO2. The molecule has 6 heteroatoms. The maximum Gasteiger partial charge on any atom is 0.573 e. The first-order valence-electron chi connectivity index (χ1n) is 5.72. The van der Waals surface area contributed by atoms with E-state index < -0.39 is 6.36 Å². The Morgan fingerprint density at radius 2 is 1.95 bits per heavy atom. The molecule has 0 spiro atoms. The summed E-state index contributed by atoms with van der Waals surface area (Å²) in [4.78, 5) is 0. The molecule has 0 unspecified atom stereocenters. The monoisotopic (exact) mass is 271 g/mol. The molecule has 2 rings (SSSR count). The molecule has 1 aromatic carbocycles. The molecule has 19 heavy (non-hydrogen) atoms. The number of rotatable bonds is 3. The summed E-state index contributed by atoms with van der Waals surface area (Å²) in [5.74, 6) is 0.367. The Bertz CT molecular complexity index is 576. The molecule has 0 fully saturated rings. The van der Waals surface area contributed by atoms with Crippen molar-refractivity contribution in [2.24, 2.45) is 0 Å². The van der Waals surface area contributed by atoms with Gasteiger partial charge in [-0.25, -0.2) is 0 Å². The normalized spacial score (nSPS) is 11.6. The van der Waals surface area contributed by atoms with E-state index >= 15 is 0 Å². The molecule has 0 N–H and O–H groups in total. The van der Waals surface area contributed by atoms with E-state index in [1.54, 1.807) is 13.0 Å². The summed E-state index contributed by atoms with van der Waals surface area (Å²) in [6.07, 6.45) is -4.11. The van der Waals surface area contributed by atoms with Crippen LogP contribution < -0.4 is 4.74 Å². The Labute approximate surface area is 108 Å². The summed E-state index contributed by atoms with van der Waals surface area (Å²) in [5.41, 5.74) is 1.36. The Balaban J connectivity index is 2.47. The average molecular weight is 271 g/mol. The number of hydrogen-bond donors (Lipinski definition) is 0. The highest BCUT2D eigenvalue weighted by molar-refractivity contribution is 5.69. The number of aryl methyl sites for hydroxylation is 1. The minimum atomic E-state index is -4.73. The van der Waals surface area contributed by atoms with Gasteiger partial charge in [0, 0.05) is 17.5 Å². The van der Waals surface area contributed by atoms with Crippen molar-refractivity contribution >= 4 is 0 Å². The maximum absolute atomic E-state index is 12.3. The molecule has 0 aliphatic carbocycles. The van der Waals surface area contributed by atoms with Crippen LogP contribution in [0.4, 0.5) is 13.2 Å². The van der Waals surface area contributed by atoms with Gasteiger partial charge in [0.05, 0.1) is 0 Å². The van der Waals surface area contributed by atoms with E-state index in [0.717, 1.165) is 5.56 Å². The van der Waals surface area contributed by atoms with E-state index in [1.807, 2.05) is 6.92 Å². The molecule has 0 saturated carbocycles. The molecule has 3 nitrogen and oxygen atoms in total. The van der Waals surface area contributed by atoms with Crippen LogP contribution >= 0.6 is 0 Å². The lowest BCUT2D eigenvalue weighted by molar-refractivity contribution is -0.274. The second kappa shape index (κ2) is 4.95. The summed E-state index contributed by atoms with van der Waals surface area (Å²) >= 11 is 0. The lowest BCUT2D eigenvalue weighted by Crippen LogP contribution is -2.17. The summed E-state index contributed by atoms with van der Waals surface area (Å²) in [5, 5.41) is 3.83. The minimum Gasteiger partial charge on any atom is -0.405 e. The van der Waals surface area contributed by atoms with Crippen LogP contribution in [0, 0.1) is 6.92 Å². The van der Waals surface area contributed by atoms with Crippen molar-refractivity contribution in [1.82, 2.24) is 5.16 Å². The van der Waals surface area contributed by atoms with E-state index in [-0.39, 0.29) is 11.3 Å². The van der Waals surface area contributed by atoms with Crippen LogP contribution in [0.2, 0.25) is 0 Å². The van der Waals surface area contributed by atoms with Gasteiger partial charge in [0.2, 0.25) is 0 Å². The predicted octanol–water partition coefficient (Wildman–Crippen LogP) is 4.11. The Hall–Kier alpha value is -1.98. The van der Waals surface area contributed by atoms with E-state index in [4.69, 9.17) is 4.52 Å². The maximum atomic E-state index is 12.3. The second-order valence-electron chi connectivity index (χ2n) is 3.98. The number of benzene rings is 1. The fraction of sp³-hybridized carbons (Fsp3) is 0.308. The van der Waals surface area contributed by atoms with Crippen LogP contribution in [-0.4, -0.2) is 11.5 Å². The average Bonchev–Trinajstić information content (AvgIpc) is 2.69. The summed E-state index contributed by atoms with van der Waals surface area (Å²) in [7, 11) is 0. The number of ether oxygens (including phenoxy) is 1. The highest BCUT2D eigenvalue weighted by atomic mass is 19.4. The summed E-state index contributed by atoms with van der Waals surface area (Å²) in [6.45, 7) is 3.64. The first-order chi connectivity index (χ1) is 8.92. The van der Waals surface area contributed by atoms with Crippen LogP contribution in [0.1, 0.15) is 18.2 Å². The third kappa shape index (κ3) is 2.89. The molecular weight excluding hydrogens is 259 g/mol. The Morgan fingerprint density at radius 1 is 1.26 bits per heavy atom. The van der Waals surface area contributed by atoms with E-state index in [1.165, 1.54) is 18.2 Å². The Morgan fingerprint density at radius 3 is 2.53 bits per heavy atom. The first kappa shape index (κ1) is 13.5. The van der Waals surface area contributed by atoms with Crippen molar-refractivity contribution in [1.29, 1.82) is 0 Å². The molecule has 2 aromatic rings. The van der Waals surface area contributed by atoms with Crippen LogP contribution in [0.25, 0.3) is 11.3 Å². The van der Waals surface area contributed by atoms with Gasteiger partial charge in [-0.15, -0.1) is 13.2 Å². The standard InChI is InChI=1S/C13H12F3NO2/c1-3-10-8(2)12(17-19-10)9-6-4-5-7-11(9)18-13(14,15)16/h4-7H,3H2,1-2H3. The third-order valence-electron chi connectivity index (χ3n) is 2.71. The molecule has 1 heterocycles. The van der Waals surface area contributed by atoms with Gasteiger partial charge in [-0.1, -0.05) is 24.2 Å². The van der Waals surface area contributed by atoms with Gasteiger partial charge in [-0.3, -0.25) is 0 Å². The third-order valence-corrected chi connectivity index (χ3v) is 2.71. The van der Waals surface area contributed by atoms with Crippen LogP contribution in [0.3, 0.4) is 0 Å². The smallest absolute Gasteiger partial charge is 0.405 e. The lowest BCUT2D eigenvalue weighted by atomic mass is 10.1. The van der Waals surface area contributed by atoms with Crippen LogP contribution in [0.15, 0.2) is 28.8 Å². The van der Waals surface area contributed by atoms with Crippen molar-refractivity contribution < 1.29 is 22.4 Å². The van der Waals surface area contributed by atoms with Gasteiger partial charge in [0.1, 0.15) is 17.2 Å². The lowest BCUT2D eigenvalue weighted by Gasteiger charge is -2.11. The quantitative estimate of drug-likeness (QED) is 0.842. The highest BCUT2D eigenvalue weighted by Crippen LogP contribution is 2.35. The number of nitrogens with zero attached hydrogens (tertiary/aromatic N) is 1. The van der Waals surface area contributed by atoms with Gasteiger partial charge < -0.3 is 9.26 Å². The molecule has 0 radical (unpaired) electrons. The number of para-hydroxylation sites is 1. The zero-order chi connectivity index (χ0) is 14.0. The number of alkyl halides is 3. The van der Waals surface area contributed by atoms with Gasteiger partial charge in [-0.05, 0) is 19.1 Å². The number of hydrogen-bond acceptors (Lipinski definition) is 3. The zero-order valence-corrected chi connectivity index (χ0v) is 10.4. The van der Waals surface area contributed by atoms with Crippen molar-refractivity contribution in [3.05, 3.63) is 35.6 Å². The van der Waals surface area contributed by atoms with Gasteiger partial charge in [-0.2, -0.15) is 0 Å². The number of halogens is 3. The zero-order valence-electron chi connectivity index (χ0n) is 10.4. The molecule has 0 aliphatic heterocycles. The summed E-state index contributed by atoms with van der Waals surface area (Å²) < 4.78 is 46.1. The van der Waals surface area contributed by atoms with E-state index in [0.29, 0.717) is 17.9 Å². The molecule has 0 bridgehead atoms. The van der Waals surface area contributed by atoms with Crippen molar-refractivity contribution in [2.75, 3.05) is 0 Å². The van der Waals surface area contributed by atoms with Gasteiger partial charge in [0.15, 0.2) is 0 Å². The van der Waals surface area contributed by atoms with Crippen molar-refractivity contribution in [2.45, 2.75) is 26.6 Å². The van der Waals surface area contributed by atoms with E-state index in [2.05, 4.69) is 9.89 Å². The predicted molar refractivity (Wildman–Crippen MR) is 62.7 cm³/mol. The topological polar surface area (TPSA) is 35.3 Å². The second-order valence-corrected chi connectivity index (χ2v) is 3.98. The highest BCUT2D eigenvalue weighted by Gasteiger charge is 2.32. The molecule has 0 amide bonds. The van der Waals surface area contributed by atoms with Crippen molar-refractivity contribution in [3.63, 3.8) is 0 Å². The number of aromatic nitrogens is 1. The Kier molecular flexibility index (Phi) is 3.50.